The van der Waals surface area contributed by atoms with E-state index in [2.05, 4.69) is 65.8 Å². The third-order valence-corrected chi connectivity index (χ3v) is 3.81. The largest absolute Gasteiger partial charge is 0.361 e. The first-order valence-electron chi connectivity index (χ1n) is 8.34. The van der Waals surface area contributed by atoms with Crippen molar-refractivity contribution in [2.45, 2.75) is 40.0 Å². The zero-order valence-electron chi connectivity index (χ0n) is 14.0. The molecule has 1 aromatic carbocycles. The van der Waals surface area contributed by atoms with Crippen LogP contribution in [0.15, 0.2) is 29.4 Å². The average Bonchev–Trinajstić information content (AvgIpc) is 2.92. The zero-order chi connectivity index (χ0) is 15.8. The molecule has 0 aliphatic rings. The third kappa shape index (κ3) is 4.26. The molecule has 0 radical (unpaired) electrons. The number of nitrogens with zero attached hydrogens (tertiary/aromatic N) is 1. The van der Waals surface area contributed by atoms with Crippen molar-refractivity contribution in [2.75, 3.05) is 19.6 Å². The van der Waals surface area contributed by atoms with Crippen molar-refractivity contribution < 1.29 is 0 Å². The van der Waals surface area contributed by atoms with Crippen LogP contribution in [0.25, 0.3) is 10.9 Å². The van der Waals surface area contributed by atoms with Crippen molar-refractivity contribution in [3.8, 4) is 0 Å². The van der Waals surface area contributed by atoms with Crippen LogP contribution in [0.2, 0.25) is 0 Å². The number of benzene rings is 1. The van der Waals surface area contributed by atoms with Gasteiger partial charge < -0.3 is 15.6 Å². The van der Waals surface area contributed by atoms with Crippen LogP contribution in [0.5, 0.6) is 0 Å². The molecule has 0 amide bonds. The molecular weight excluding hydrogens is 272 g/mol. The van der Waals surface area contributed by atoms with Gasteiger partial charge in [0.25, 0.3) is 0 Å². The van der Waals surface area contributed by atoms with E-state index in [1.165, 1.54) is 28.5 Å². The molecule has 0 aliphatic carbocycles. The summed E-state index contributed by atoms with van der Waals surface area (Å²) in [7, 11) is 0. The second-order valence-electron chi connectivity index (χ2n) is 5.60. The molecule has 2 rings (SSSR count). The molecule has 0 spiro atoms. The maximum atomic E-state index is 4.59. The van der Waals surface area contributed by atoms with E-state index in [1.54, 1.807) is 0 Å². The van der Waals surface area contributed by atoms with Crippen molar-refractivity contribution in [3.63, 3.8) is 0 Å². The minimum absolute atomic E-state index is 0.887. The van der Waals surface area contributed by atoms with Crippen LogP contribution < -0.4 is 10.6 Å². The Balaban J connectivity index is 1.94. The highest BCUT2D eigenvalue weighted by Crippen LogP contribution is 2.22. The first kappa shape index (κ1) is 16.4. The Hall–Kier alpha value is -1.97. The Morgan fingerprint density at radius 1 is 1.23 bits per heavy atom. The zero-order valence-corrected chi connectivity index (χ0v) is 14.0. The first-order valence-corrected chi connectivity index (χ1v) is 8.34. The van der Waals surface area contributed by atoms with Crippen molar-refractivity contribution in [3.05, 3.63) is 35.5 Å². The Labute approximate surface area is 133 Å². The van der Waals surface area contributed by atoms with Crippen LogP contribution in [-0.4, -0.2) is 30.6 Å². The van der Waals surface area contributed by atoms with Gasteiger partial charge in [0.15, 0.2) is 5.96 Å². The number of unbranched alkanes of at least 4 members (excludes halogenated alkanes) is 1. The number of aromatic amines is 1. The Kier molecular flexibility index (Phi) is 6.31. The lowest BCUT2D eigenvalue weighted by atomic mass is 10.1. The lowest BCUT2D eigenvalue weighted by molar-refractivity contribution is 0.768. The average molecular weight is 300 g/mol. The smallest absolute Gasteiger partial charge is 0.191 e. The van der Waals surface area contributed by atoms with Gasteiger partial charge >= 0.3 is 0 Å². The monoisotopic (exact) mass is 300 g/mol. The van der Waals surface area contributed by atoms with E-state index in [-0.39, 0.29) is 0 Å². The highest BCUT2D eigenvalue weighted by molar-refractivity contribution is 5.86. The quantitative estimate of drug-likeness (QED) is 0.417. The van der Waals surface area contributed by atoms with E-state index in [0.29, 0.717) is 0 Å². The molecule has 1 heterocycles. The van der Waals surface area contributed by atoms with Gasteiger partial charge in [0.1, 0.15) is 0 Å². The van der Waals surface area contributed by atoms with Crippen molar-refractivity contribution in [2.24, 2.45) is 4.99 Å². The maximum Gasteiger partial charge on any atom is 0.191 e. The molecule has 0 unspecified atom stereocenters. The fraction of sp³-hybridized carbons (Fsp3) is 0.500. The number of aliphatic imine (C=N–C) groups is 1. The Bertz CT molecular complexity index is 613. The molecule has 0 atom stereocenters. The number of nitrogens with one attached hydrogen (secondary N) is 3. The molecule has 3 N–H and O–H groups in total. The molecule has 4 heteroatoms. The van der Waals surface area contributed by atoms with Crippen molar-refractivity contribution in [1.29, 1.82) is 0 Å². The minimum Gasteiger partial charge on any atom is -0.361 e. The third-order valence-electron chi connectivity index (χ3n) is 3.81. The number of hydrogen-bond acceptors (Lipinski definition) is 1. The van der Waals surface area contributed by atoms with Crippen LogP contribution in [0.1, 0.15) is 37.8 Å². The summed E-state index contributed by atoms with van der Waals surface area (Å²) in [6.45, 7) is 9.13. The van der Waals surface area contributed by atoms with Crippen LogP contribution in [0, 0.1) is 6.92 Å². The number of aromatic nitrogens is 1. The number of rotatable bonds is 7. The first-order chi connectivity index (χ1) is 10.8. The summed E-state index contributed by atoms with van der Waals surface area (Å²) in [4.78, 5) is 7.95. The standard InChI is InChI=1S/C18H28N4/c1-4-6-11-20-18(19-5-2)21-12-10-15-13-22-16-9-7-8-14(3)17(15)16/h7-9,13,22H,4-6,10-12H2,1-3H3,(H2,19,20,21). The van der Waals surface area contributed by atoms with Gasteiger partial charge in [0.05, 0.1) is 0 Å². The van der Waals surface area contributed by atoms with Gasteiger partial charge in [0.2, 0.25) is 0 Å². The lowest BCUT2D eigenvalue weighted by Gasteiger charge is -2.11. The second kappa shape index (κ2) is 8.47. The van der Waals surface area contributed by atoms with E-state index >= 15 is 0 Å². The highest BCUT2D eigenvalue weighted by atomic mass is 15.2. The van der Waals surface area contributed by atoms with Gasteiger partial charge in [-0.3, -0.25) is 4.99 Å². The molecule has 0 bridgehead atoms. The predicted octanol–water partition coefficient (Wildman–Crippen LogP) is 3.37. The molecular formula is C18H28N4. The summed E-state index contributed by atoms with van der Waals surface area (Å²) in [5.74, 6) is 0.924. The Morgan fingerprint density at radius 2 is 2.09 bits per heavy atom. The topological polar surface area (TPSA) is 52.2 Å². The molecule has 0 saturated heterocycles. The molecule has 0 aliphatic heterocycles. The van der Waals surface area contributed by atoms with E-state index in [1.807, 2.05) is 0 Å². The van der Waals surface area contributed by atoms with Gasteiger partial charge in [-0.1, -0.05) is 25.5 Å². The van der Waals surface area contributed by atoms with Crippen LogP contribution in [0.3, 0.4) is 0 Å². The fourth-order valence-electron chi connectivity index (χ4n) is 2.65. The number of aryl methyl sites for hydroxylation is 1. The van der Waals surface area contributed by atoms with Gasteiger partial charge in [-0.15, -0.1) is 0 Å². The van der Waals surface area contributed by atoms with E-state index in [0.717, 1.165) is 38.4 Å². The lowest BCUT2D eigenvalue weighted by Crippen LogP contribution is -2.38. The molecule has 0 saturated carbocycles. The molecule has 22 heavy (non-hydrogen) atoms. The molecule has 0 fully saturated rings. The molecule has 4 nitrogen and oxygen atoms in total. The summed E-state index contributed by atoms with van der Waals surface area (Å²) in [6, 6.07) is 6.40. The summed E-state index contributed by atoms with van der Waals surface area (Å²) in [5.41, 5.74) is 3.92. The number of fused-ring (bicyclic) bond motifs is 1. The summed E-state index contributed by atoms with van der Waals surface area (Å²) in [6.07, 6.45) is 5.43. The van der Waals surface area contributed by atoms with Gasteiger partial charge in [-0.05, 0) is 43.9 Å². The molecule has 120 valence electrons. The van der Waals surface area contributed by atoms with Crippen molar-refractivity contribution in [1.82, 2.24) is 15.6 Å². The molecule has 1 aromatic heterocycles. The van der Waals surface area contributed by atoms with Crippen LogP contribution in [0.4, 0.5) is 0 Å². The van der Waals surface area contributed by atoms with E-state index < -0.39 is 0 Å². The summed E-state index contributed by atoms with van der Waals surface area (Å²) < 4.78 is 0. The number of hydrogen-bond donors (Lipinski definition) is 3. The predicted molar refractivity (Wildman–Crippen MR) is 95.6 cm³/mol. The van der Waals surface area contributed by atoms with Gasteiger partial charge in [-0.2, -0.15) is 0 Å². The SMILES string of the molecule is CCCCN=C(NCC)NCCc1c[nH]c2cccc(C)c12. The highest BCUT2D eigenvalue weighted by Gasteiger charge is 2.06. The second-order valence-corrected chi connectivity index (χ2v) is 5.60. The van der Waals surface area contributed by atoms with Gasteiger partial charge in [0, 0.05) is 36.7 Å². The number of guanidine groups is 1. The van der Waals surface area contributed by atoms with Gasteiger partial charge in [-0.25, -0.2) is 0 Å². The normalized spacial score (nSPS) is 11.9. The van der Waals surface area contributed by atoms with Crippen molar-refractivity contribution >= 4 is 16.9 Å². The summed E-state index contributed by atoms with van der Waals surface area (Å²) >= 11 is 0. The molecule has 2 aromatic rings. The van der Waals surface area contributed by atoms with E-state index in [4.69, 9.17) is 0 Å². The Morgan fingerprint density at radius 3 is 2.86 bits per heavy atom. The minimum atomic E-state index is 0.887. The maximum absolute atomic E-state index is 4.59. The number of H-pyrrole nitrogens is 1. The summed E-state index contributed by atoms with van der Waals surface area (Å²) in [5, 5.41) is 8.09. The van der Waals surface area contributed by atoms with Crippen LogP contribution in [-0.2, 0) is 6.42 Å². The van der Waals surface area contributed by atoms with E-state index in [9.17, 15) is 0 Å². The fourth-order valence-corrected chi connectivity index (χ4v) is 2.65. The van der Waals surface area contributed by atoms with Crippen LogP contribution >= 0.6 is 0 Å².